The van der Waals surface area contributed by atoms with Crippen LogP contribution in [-0.4, -0.2) is 30.4 Å². The molecule has 1 aromatic carbocycles. The third-order valence-electron chi connectivity index (χ3n) is 4.23. The molecule has 10 heteroatoms. The number of benzene rings is 1. The van der Waals surface area contributed by atoms with Crippen LogP contribution < -0.4 is 9.46 Å². The van der Waals surface area contributed by atoms with Gasteiger partial charge < -0.3 is 4.74 Å². The molecule has 0 amide bonds. The number of alkyl halides is 2. The second kappa shape index (κ2) is 9.68. The second-order valence-corrected chi connectivity index (χ2v) is 8.37. The monoisotopic (exact) mass is 434 g/mol. The van der Waals surface area contributed by atoms with E-state index in [9.17, 15) is 17.2 Å². The molecule has 1 N–H and O–H groups in total. The first-order chi connectivity index (χ1) is 14.3. The van der Waals surface area contributed by atoms with Crippen LogP contribution in [0.4, 0.5) is 8.78 Å². The van der Waals surface area contributed by atoms with Crippen LogP contribution in [0.3, 0.4) is 0 Å². The summed E-state index contributed by atoms with van der Waals surface area (Å²) in [4.78, 5) is 12.1. The number of sulfonamides is 1. The normalized spacial score (nSPS) is 11.6. The van der Waals surface area contributed by atoms with Gasteiger partial charge in [-0.15, -0.1) is 0 Å². The fourth-order valence-electron chi connectivity index (χ4n) is 2.59. The zero-order chi connectivity index (χ0) is 21.6. The fourth-order valence-corrected chi connectivity index (χ4v) is 3.37. The van der Waals surface area contributed by atoms with E-state index in [0.717, 1.165) is 18.0 Å². The van der Waals surface area contributed by atoms with Crippen molar-refractivity contribution in [3.63, 3.8) is 0 Å². The van der Waals surface area contributed by atoms with E-state index in [2.05, 4.69) is 19.7 Å². The Morgan fingerprint density at radius 3 is 2.33 bits per heavy atom. The van der Waals surface area contributed by atoms with Crippen molar-refractivity contribution in [2.45, 2.75) is 25.0 Å². The van der Waals surface area contributed by atoms with Crippen LogP contribution in [0, 0.1) is 0 Å². The SMILES string of the molecule is CNS(=O)(=O)Cc1ccc(Oc2cc(CCc3ncc(C(F)F)cn3)ccn2)cc1. The van der Waals surface area contributed by atoms with E-state index in [-0.39, 0.29) is 11.3 Å². The molecule has 0 fully saturated rings. The van der Waals surface area contributed by atoms with Gasteiger partial charge in [0, 0.05) is 31.1 Å². The van der Waals surface area contributed by atoms with Crippen molar-refractivity contribution < 1.29 is 21.9 Å². The van der Waals surface area contributed by atoms with Gasteiger partial charge in [0.2, 0.25) is 15.9 Å². The lowest BCUT2D eigenvalue weighted by Crippen LogP contribution is -2.20. The zero-order valence-corrected chi connectivity index (χ0v) is 16.9. The fraction of sp³-hybridized carbons (Fsp3) is 0.250. The average Bonchev–Trinajstić information content (AvgIpc) is 2.74. The molecule has 3 rings (SSSR count). The van der Waals surface area contributed by atoms with E-state index in [0.29, 0.717) is 35.9 Å². The molecule has 0 aliphatic rings. The van der Waals surface area contributed by atoms with Gasteiger partial charge in [-0.05, 0) is 42.8 Å². The summed E-state index contributed by atoms with van der Waals surface area (Å²) in [7, 11) is -1.97. The molecule has 7 nitrogen and oxygen atoms in total. The molecule has 2 aromatic heterocycles. The highest BCUT2D eigenvalue weighted by molar-refractivity contribution is 7.88. The van der Waals surface area contributed by atoms with Crippen molar-refractivity contribution in [2.24, 2.45) is 0 Å². The number of aromatic nitrogens is 3. The second-order valence-electron chi connectivity index (χ2n) is 6.44. The minimum atomic E-state index is -3.34. The predicted octanol–water partition coefficient (Wildman–Crippen LogP) is 3.44. The van der Waals surface area contributed by atoms with E-state index in [1.807, 2.05) is 6.07 Å². The third kappa shape index (κ3) is 6.26. The van der Waals surface area contributed by atoms with Gasteiger partial charge in [0.05, 0.1) is 11.3 Å². The van der Waals surface area contributed by atoms with Gasteiger partial charge in [-0.1, -0.05) is 12.1 Å². The van der Waals surface area contributed by atoms with Gasteiger partial charge in [0.15, 0.2) is 0 Å². The van der Waals surface area contributed by atoms with Crippen molar-refractivity contribution in [2.75, 3.05) is 7.05 Å². The average molecular weight is 434 g/mol. The predicted molar refractivity (Wildman–Crippen MR) is 107 cm³/mol. The number of hydrogen-bond acceptors (Lipinski definition) is 6. The molecule has 30 heavy (non-hydrogen) atoms. The van der Waals surface area contributed by atoms with Crippen LogP contribution in [-0.2, 0) is 28.6 Å². The van der Waals surface area contributed by atoms with E-state index < -0.39 is 16.4 Å². The van der Waals surface area contributed by atoms with Crippen LogP contribution in [0.2, 0.25) is 0 Å². The molecule has 0 aliphatic heterocycles. The standard InChI is InChI=1S/C20H20F2N4O3S/c1-23-30(27,28)13-15-2-5-17(6-3-15)29-19-10-14(8-9-24-19)4-7-18-25-11-16(12-26-18)20(21)22/h2-3,5-6,8-12,20,23H,4,7,13H2,1H3. The van der Waals surface area contributed by atoms with Crippen molar-refractivity contribution in [1.29, 1.82) is 0 Å². The summed E-state index contributed by atoms with van der Waals surface area (Å²) in [6.07, 6.45) is 2.38. The molecule has 0 aliphatic carbocycles. The Hall–Kier alpha value is -2.98. The van der Waals surface area contributed by atoms with Gasteiger partial charge in [0.1, 0.15) is 11.6 Å². The maximum atomic E-state index is 12.6. The first kappa shape index (κ1) is 21.7. The van der Waals surface area contributed by atoms with Crippen molar-refractivity contribution in [3.05, 3.63) is 77.5 Å². The Labute approximate surface area is 173 Å². The minimum Gasteiger partial charge on any atom is -0.439 e. The highest BCUT2D eigenvalue weighted by Gasteiger charge is 2.10. The summed E-state index contributed by atoms with van der Waals surface area (Å²) in [5.41, 5.74) is 1.36. The maximum Gasteiger partial charge on any atom is 0.266 e. The Bertz CT molecular complexity index is 1080. The Morgan fingerprint density at radius 1 is 1.00 bits per heavy atom. The highest BCUT2D eigenvalue weighted by atomic mass is 32.2. The number of halogens is 2. The van der Waals surface area contributed by atoms with Gasteiger partial charge in [0.25, 0.3) is 6.43 Å². The van der Waals surface area contributed by atoms with E-state index in [1.165, 1.54) is 7.05 Å². The van der Waals surface area contributed by atoms with Gasteiger partial charge in [-0.2, -0.15) is 0 Å². The summed E-state index contributed by atoms with van der Waals surface area (Å²) >= 11 is 0. The molecular formula is C20H20F2N4O3S. The Kier molecular flexibility index (Phi) is 7.01. The van der Waals surface area contributed by atoms with Crippen LogP contribution >= 0.6 is 0 Å². The molecule has 0 spiro atoms. The van der Waals surface area contributed by atoms with Crippen LogP contribution in [0.1, 0.15) is 28.9 Å². The summed E-state index contributed by atoms with van der Waals surface area (Å²) in [6, 6.07) is 10.3. The lowest BCUT2D eigenvalue weighted by Gasteiger charge is -2.08. The summed E-state index contributed by atoms with van der Waals surface area (Å²) in [6.45, 7) is 0. The lowest BCUT2D eigenvalue weighted by molar-refractivity contribution is 0.150. The smallest absolute Gasteiger partial charge is 0.266 e. The maximum absolute atomic E-state index is 12.6. The highest BCUT2D eigenvalue weighted by Crippen LogP contribution is 2.22. The molecule has 3 aromatic rings. The Morgan fingerprint density at radius 2 is 1.70 bits per heavy atom. The first-order valence-electron chi connectivity index (χ1n) is 9.06. The summed E-state index contributed by atoms with van der Waals surface area (Å²) < 4.78 is 56.3. The van der Waals surface area contributed by atoms with Crippen molar-refractivity contribution in [3.8, 4) is 11.6 Å². The van der Waals surface area contributed by atoms with Gasteiger partial charge >= 0.3 is 0 Å². The van der Waals surface area contributed by atoms with Crippen molar-refractivity contribution in [1.82, 2.24) is 19.7 Å². The Balaban J connectivity index is 1.60. The quantitative estimate of drug-likeness (QED) is 0.555. The van der Waals surface area contributed by atoms with Crippen LogP contribution in [0.15, 0.2) is 55.0 Å². The summed E-state index contributed by atoms with van der Waals surface area (Å²) in [5.74, 6) is 1.27. The molecule has 0 saturated heterocycles. The lowest BCUT2D eigenvalue weighted by atomic mass is 10.1. The van der Waals surface area contributed by atoms with E-state index in [1.54, 1.807) is 36.5 Å². The molecule has 0 bridgehead atoms. The summed E-state index contributed by atoms with van der Waals surface area (Å²) in [5, 5.41) is 0. The van der Waals surface area contributed by atoms with E-state index >= 15 is 0 Å². The van der Waals surface area contributed by atoms with Crippen LogP contribution in [0.25, 0.3) is 0 Å². The number of pyridine rings is 1. The number of hydrogen-bond donors (Lipinski definition) is 1. The third-order valence-corrected chi connectivity index (χ3v) is 5.56. The number of nitrogens with one attached hydrogen (secondary N) is 1. The molecule has 2 heterocycles. The molecule has 0 saturated carbocycles. The van der Waals surface area contributed by atoms with Crippen molar-refractivity contribution >= 4 is 10.0 Å². The molecule has 0 unspecified atom stereocenters. The molecule has 0 radical (unpaired) electrons. The largest absolute Gasteiger partial charge is 0.439 e. The topological polar surface area (TPSA) is 94.1 Å². The molecule has 0 atom stereocenters. The van der Waals surface area contributed by atoms with Gasteiger partial charge in [-0.3, -0.25) is 0 Å². The number of rotatable bonds is 9. The van der Waals surface area contributed by atoms with Crippen LogP contribution in [0.5, 0.6) is 11.6 Å². The number of ether oxygens (including phenoxy) is 1. The van der Waals surface area contributed by atoms with E-state index in [4.69, 9.17) is 4.74 Å². The molecular weight excluding hydrogens is 414 g/mol. The molecule has 158 valence electrons. The number of nitrogens with zero attached hydrogens (tertiary/aromatic N) is 3. The number of aryl methyl sites for hydroxylation is 2. The minimum absolute atomic E-state index is 0.113. The zero-order valence-electron chi connectivity index (χ0n) is 16.1. The van der Waals surface area contributed by atoms with Gasteiger partial charge in [-0.25, -0.2) is 36.9 Å². The first-order valence-corrected chi connectivity index (χ1v) is 10.7.